The Kier molecular flexibility index (Phi) is 4.12. The van der Waals surface area contributed by atoms with Gasteiger partial charge in [0.2, 0.25) is 5.78 Å². The van der Waals surface area contributed by atoms with Gasteiger partial charge in [-0.15, -0.1) is 0 Å². The molecular formula is C14H11BClNO2. The number of carbonyl (C=O) groups is 1. The molecule has 0 saturated heterocycles. The molecule has 2 radical (unpaired) electrons. The average molecular weight is 272 g/mol. The number of hydrogen-bond donors (Lipinski definition) is 1. The number of anilines is 1. The molecule has 94 valence electrons. The van der Waals surface area contributed by atoms with E-state index in [1.54, 1.807) is 37.3 Å². The van der Waals surface area contributed by atoms with Crippen molar-refractivity contribution in [2.24, 2.45) is 0 Å². The predicted molar refractivity (Wildman–Crippen MR) is 77.4 cm³/mol. The van der Waals surface area contributed by atoms with E-state index in [0.29, 0.717) is 27.7 Å². The fraction of sp³-hybridized carbons (Fsp3) is 0.0714. The van der Waals surface area contributed by atoms with Crippen molar-refractivity contribution in [2.75, 3.05) is 5.32 Å². The predicted octanol–water partition coefficient (Wildman–Crippen LogP) is 2.84. The fourth-order valence-electron chi connectivity index (χ4n) is 1.50. The third-order valence-electron chi connectivity index (χ3n) is 2.45. The Labute approximate surface area is 117 Å². The number of benzene rings is 1. The molecule has 2 rings (SSSR count). The third-order valence-corrected chi connectivity index (χ3v) is 2.76. The van der Waals surface area contributed by atoms with Crippen LogP contribution in [-0.2, 0) is 0 Å². The first-order valence-electron chi connectivity index (χ1n) is 5.65. The minimum atomic E-state index is -0.216. The van der Waals surface area contributed by atoms with Gasteiger partial charge in [-0.05, 0) is 31.2 Å². The lowest BCUT2D eigenvalue weighted by Crippen LogP contribution is -2.02. The summed E-state index contributed by atoms with van der Waals surface area (Å²) >= 11 is 5.99. The summed E-state index contributed by atoms with van der Waals surface area (Å²) in [6, 6.07) is 8.47. The molecule has 5 heteroatoms. The van der Waals surface area contributed by atoms with Crippen LogP contribution in [0.2, 0.25) is 5.02 Å². The molecule has 1 aromatic carbocycles. The van der Waals surface area contributed by atoms with Crippen molar-refractivity contribution in [3.05, 3.63) is 59.2 Å². The Hall–Kier alpha value is -1.94. The topological polar surface area (TPSA) is 42.2 Å². The van der Waals surface area contributed by atoms with Crippen molar-refractivity contribution in [1.82, 2.24) is 0 Å². The van der Waals surface area contributed by atoms with E-state index in [1.807, 2.05) is 0 Å². The van der Waals surface area contributed by atoms with Crippen molar-refractivity contribution in [2.45, 2.75) is 6.92 Å². The second-order valence-corrected chi connectivity index (χ2v) is 4.40. The summed E-state index contributed by atoms with van der Waals surface area (Å²) in [5.74, 6) is 0.789. The summed E-state index contributed by atoms with van der Waals surface area (Å²) < 4.78 is 5.22. The van der Waals surface area contributed by atoms with Gasteiger partial charge >= 0.3 is 0 Å². The second-order valence-electron chi connectivity index (χ2n) is 3.99. The van der Waals surface area contributed by atoms with Crippen molar-refractivity contribution in [1.29, 1.82) is 0 Å². The number of carbonyl (C=O) groups excluding carboxylic acids is 1. The van der Waals surface area contributed by atoms with Gasteiger partial charge in [0.15, 0.2) is 5.76 Å². The third kappa shape index (κ3) is 3.52. The lowest BCUT2D eigenvalue weighted by atomic mass is 9.96. The van der Waals surface area contributed by atoms with Crippen LogP contribution in [0.5, 0.6) is 0 Å². The smallest absolute Gasteiger partial charge is 0.222 e. The Morgan fingerprint density at radius 2 is 2.16 bits per heavy atom. The van der Waals surface area contributed by atoms with Gasteiger partial charge in [-0.25, -0.2) is 0 Å². The number of allylic oxidation sites excluding steroid dienone is 1. The number of furan rings is 1. The summed E-state index contributed by atoms with van der Waals surface area (Å²) in [7, 11) is 5.59. The largest absolute Gasteiger partial charge is 0.458 e. The number of nitrogens with one attached hydrogen (secondary N) is 1. The normalized spacial score (nSPS) is 10.8. The SMILES string of the molecule is [B]c1ccc(N/C=C/C(=O)c2ccc(C)o2)c(Cl)c1. The maximum atomic E-state index is 11.7. The molecule has 0 spiro atoms. The zero-order chi connectivity index (χ0) is 13.8. The van der Waals surface area contributed by atoms with Crippen LogP contribution in [0.4, 0.5) is 5.69 Å². The Morgan fingerprint density at radius 3 is 2.79 bits per heavy atom. The zero-order valence-electron chi connectivity index (χ0n) is 10.3. The van der Waals surface area contributed by atoms with Gasteiger partial charge in [-0.1, -0.05) is 23.1 Å². The first kappa shape index (κ1) is 13.5. The van der Waals surface area contributed by atoms with Crippen molar-refractivity contribution in [3.63, 3.8) is 0 Å². The Bertz CT molecular complexity index is 634. The first-order chi connectivity index (χ1) is 9.06. The molecule has 2 aromatic rings. The highest BCUT2D eigenvalue weighted by atomic mass is 35.5. The molecule has 0 bridgehead atoms. The summed E-state index contributed by atoms with van der Waals surface area (Å²) in [5.41, 5.74) is 1.26. The molecule has 0 aliphatic carbocycles. The van der Waals surface area contributed by atoms with Crippen molar-refractivity contribution >= 4 is 36.4 Å². The molecular weight excluding hydrogens is 260 g/mol. The van der Waals surface area contributed by atoms with E-state index >= 15 is 0 Å². The van der Waals surface area contributed by atoms with Crippen LogP contribution in [-0.4, -0.2) is 13.6 Å². The monoisotopic (exact) mass is 271 g/mol. The zero-order valence-corrected chi connectivity index (χ0v) is 11.1. The average Bonchev–Trinajstić information content (AvgIpc) is 2.78. The van der Waals surface area contributed by atoms with Crippen LogP contribution in [0.15, 0.2) is 47.0 Å². The van der Waals surface area contributed by atoms with Gasteiger partial charge in [0.05, 0.1) is 10.7 Å². The van der Waals surface area contributed by atoms with Crippen LogP contribution in [0.1, 0.15) is 16.3 Å². The van der Waals surface area contributed by atoms with Gasteiger partial charge in [0.1, 0.15) is 13.6 Å². The van der Waals surface area contributed by atoms with Crippen LogP contribution in [0.25, 0.3) is 0 Å². The number of halogens is 1. The molecule has 0 aliphatic heterocycles. The molecule has 0 fully saturated rings. The van der Waals surface area contributed by atoms with E-state index in [0.717, 1.165) is 0 Å². The number of ketones is 1. The summed E-state index contributed by atoms with van der Waals surface area (Å²) in [4.78, 5) is 11.7. The van der Waals surface area contributed by atoms with Gasteiger partial charge in [0.25, 0.3) is 0 Å². The van der Waals surface area contributed by atoms with Gasteiger partial charge in [-0.2, -0.15) is 0 Å². The highest BCUT2D eigenvalue weighted by Crippen LogP contribution is 2.19. The van der Waals surface area contributed by atoms with E-state index in [4.69, 9.17) is 23.9 Å². The maximum absolute atomic E-state index is 11.7. The molecule has 1 aromatic heterocycles. The molecule has 0 unspecified atom stereocenters. The number of rotatable bonds is 4. The summed E-state index contributed by atoms with van der Waals surface area (Å²) in [6.07, 6.45) is 2.89. The van der Waals surface area contributed by atoms with Gasteiger partial charge < -0.3 is 9.73 Å². The molecule has 1 heterocycles. The minimum Gasteiger partial charge on any atom is -0.458 e. The summed E-state index contributed by atoms with van der Waals surface area (Å²) in [5, 5.41) is 3.41. The van der Waals surface area contributed by atoms with Crippen LogP contribution < -0.4 is 10.8 Å². The molecule has 19 heavy (non-hydrogen) atoms. The van der Waals surface area contributed by atoms with E-state index in [9.17, 15) is 4.79 Å². The molecule has 0 amide bonds. The van der Waals surface area contributed by atoms with Crippen molar-refractivity contribution < 1.29 is 9.21 Å². The van der Waals surface area contributed by atoms with Crippen LogP contribution in [0, 0.1) is 6.92 Å². The molecule has 0 atom stereocenters. The van der Waals surface area contributed by atoms with Crippen LogP contribution >= 0.6 is 11.6 Å². The molecule has 0 aliphatic rings. The van der Waals surface area contributed by atoms with Gasteiger partial charge in [-0.3, -0.25) is 4.79 Å². The lowest BCUT2D eigenvalue weighted by molar-refractivity contribution is 0.102. The second kappa shape index (κ2) is 5.80. The first-order valence-corrected chi connectivity index (χ1v) is 6.03. The van der Waals surface area contributed by atoms with Crippen molar-refractivity contribution in [3.8, 4) is 0 Å². The van der Waals surface area contributed by atoms with Crippen LogP contribution in [0.3, 0.4) is 0 Å². The lowest BCUT2D eigenvalue weighted by Gasteiger charge is -2.04. The Morgan fingerprint density at radius 1 is 1.37 bits per heavy atom. The fourth-order valence-corrected chi connectivity index (χ4v) is 1.75. The van der Waals surface area contributed by atoms with E-state index in [2.05, 4.69) is 5.32 Å². The van der Waals surface area contributed by atoms with E-state index in [-0.39, 0.29) is 5.78 Å². The Balaban J connectivity index is 2.02. The molecule has 0 saturated carbocycles. The quantitative estimate of drug-likeness (QED) is 0.528. The minimum absolute atomic E-state index is 0.216. The standard InChI is InChI=1S/C14H11BClNO2/c1-9-2-5-14(19-9)13(18)6-7-17-12-4-3-10(15)8-11(12)16/h2-8,17H,1H3/b7-6+. The molecule has 3 nitrogen and oxygen atoms in total. The number of aryl methyl sites for hydroxylation is 1. The number of hydrogen-bond acceptors (Lipinski definition) is 3. The summed E-state index contributed by atoms with van der Waals surface area (Å²) in [6.45, 7) is 1.78. The highest BCUT2D eigenvalue weighted by Gasteiger charge is 2.05. The molecule has 1 N–H and O–H groups in total. The maximum Gasteiger partial charge on any atom is 0.222 e. The highest BCUT2D eigenvalue weighted by molar-refractivity contribution is 6.37. The van der Waals surface area contributed by atoms with E-state index in [1.165, 1.54) is 12.3 Å². The van der Waals surface area contributed by atoms with Gasteiger partial charge in [0, 0.05) is 12.3 Å². The van der Waals surface area contributed by atoms with E-state index < -0.39 is 0 Å².